The van der Waals surface area contributed by atoms with Crippen molar-refractivity contribution in [3.05, 3.63) is 65.9 Å². The fourth-order valence-electron chi connectivity index (χ4n) is 2.69. The van der Waals surface area contributed by atoms with Crippen molar-refractivity contribution in [3.63, 3.8) is 0 Å². The number of hydrogen-bond acceptors (Lipinski definition) is 4. The van der Waals surface area contributed by atoms with Crippen molar-refractivity contribution < 1.29 is 22.4 Å². The first-order valence-corrected chi connectivity index (χ1v) is 8.92. The van der Waals surface area contributed by atoms with E-state index in [0.717, 1.165) is 12.1 Å². The van der Waals surface area contributed by atoms with Crippen LogP contribution in [0.25, 0.3) is 22.8 Å². The number of halogens is 3. The number of aromatic nitrogens is 1. The molecule has 1 heterocycles. The zero-order valence-electron chi connectivity index (χ0n) is 16.0. The highest BCUT2D eigenvalue weighted by Crippen LogP contribution is 2.34. The third-order valence-electron chi connectivity index (χ3n) is 4.16. The summed E-state index contributed by atoms with van der Waals surface area (Å²) in [6, 6.07) is 13.5. The van der Waals surface area contributed by atoms with Gasteiger partial charge in [0.1, 0.15) is 0 Å². The summed E-state index contributed by atoms with van der Waals surface area (Å²) in [6.07, 6.45) is -4.49. The number of nitrogens with one attached hydrogen (secondary N) is 1. The normalized spacial score (nSPS) is 11.7. The quantitative estimate of drug-likeness (QED) is 0.666. The van der Waals surface area contributed by atoms with Gasteiger partial charge in [0.15, 0.2) is 11.5 Å². The molecule has 3 aromatic rings. The van der Waals surface area contributed by atoms with Crippen molar-refractivity contribution in [2.45, 2.75) is 6.18 Å². The molecule has 29 heavy (non-hydrogen) atoms. The summed E-state index contributed by atoms with van der Waals surface area (Å²) in [5.74, 6) is -0.291. The standard InChI is InChI=1S/C21H20F3N3O2/c1-27(2)12-11-25-19(28)17-18(14-7-4-3-5-8-14)29-20(26-17)15-9-6-10-16(13-15)21(22,23)24/h3-10,13H,11-12H2,1-2H3,(H,25,28). The molecule has 3 rings (SSSR count). The topological polar surface area (TPSA) is 58.4 Å². The van der Waals surface area contributed by atoms with Crippen LogP contribution in [0.15, 0.2) is 59.0 Å². The molecule has 0 aliphatic rings. The van der Waals surface area contributed by atoms with Crippen molar-refractivity contribution in [2.75, 3.05) is 27.2 Å². The summed E-state index contributed by atoms with van der Waals surface area (Å²) in [5.41, 5.74) is -0.0332. The van der Waals surface area contributed by atoms with Crippen molar-refractivity contribution in [1.29, 1.82) is 0 Å². The van der Waals surface area contributed by atoms with Crippen LogP contribution >= 0.6 is 0 Å². The molecule has 5 nitrogen and oxygen atoms in total. The van der Waals surface area contributed by atoms with Gasteiger partial charge in [-0.25, -0.2) is 4.98 Å². The predicted molar refractivity (Wildman–Crippen MR) is 103 cm³/mol. The van der Waals surface area contributed by atoms with Gasteiger partial charge in [-0.2, -0.15) is 13.2 Å². The summed E-state index contributed by atoms with van der Waals surface area (Å²) in [6.45, 7) is 1.02. The van der Waals surface area contributed by atoms with Gasteiger partial charge in [-0.1, -0.05) is 36.4 Å². The summed E-state index contributed by atoms with van der Waals surface area (Å²) in [7, 11) is 3.76. The number of hydrogen-bond donors (Lipinski definition) is 1. The molecule has 2 aromatic carbocycles. The molecule has 0 saturated carbocycles. The maximum absolute atomic E-state index is 13.0. The molecule has 0 aliphatic heterocycles. The van der Waals surface area contributed by atoms with Crippen molar-refractivity contribution in [2.24, 2.45) is 0 Å². The fourth-order valence-corrected chi connectivity index (χ4v) is 2.69. The van der Waals surface area contributed by atoms with Crippen LogP contribution in [0, 0.1) is 0 Å². The Bertz CT molecular complexity index is 982. The Balaban J connectivity index is 2.00. The van der Waals surface area contributed by atoms with E-state index in [2.05, 4.69) is 10.3 Å². The third-order valence-corrected chi connectivity index (χ3v) is 4.16. The lowest BCUT2D eigenvalue weighted by molar-refractivity contribution is -0.137. The molecule has 1 aromatic heterocycles. The molecular formula is C21H20F3N3O2. The predicted octanol–water partition coefficient (Wildman–Crippen LogP) is 4.32. The molecule has 0 spiro atoms. The highest BCUT2D eigenvalue weighted by Gasteiger charge is 2.31. The first kappa shape index (κ1) is 20.6. The molecule has 0 unspecified atom stereocenters. The number of rotatable bonds is 6. The lowest BCUT2D eigenvalue weighted by Gasteiger charge is -2.09. The maximum atomic E-state index is 13.0. The monoisotopic (exact) mass is 403 g/mol. The molecule has 0 aliphatic carbocycles. The Morgan fingerprint density at radius 1 is 1.07 bits per heavy atom. The van der Waals surface area contributed by atoms with E-state index >= 15 is 0 Å². The van der Waals surface area contributed by atoms with Crippen molar-refractivity contribution in [3.8, 4) is 22.8 Å². The largest absolute Gasteiger partial charge is 0.435 e. The number of likely N-dealkylation sites (N-methyl/N-ethyl adjacent to an activating group) is 1. The maximum Gasteiger partial charge on any atom is 0.416 e. The van der Waals surface area contributed by atoms with E-state index in [9.17, 15) is 18.0 Å². The number of benzene rings is 2. The van der Waals surface area contributed by atoms with Gasteiger partial charge < -0.3 is 14.6 Å². The number of alkyl halides is 3. The summed E-state index contributed by atoms with van der Waals surface area (Å²) >= 11 is 0. The Morgan fingerprint density at radius 3 is 2.41 bits per heavy atom. The molecule has 0 bridgehead atoms. The van der Waals surface area contributed by atoms with Crippen molar-refractivity contribution in [1.82, 2.24) is 15.2 Å². The van der Waals surface area contributed by atoms with E-state index in [0.29, 0.717) is 18.7 Å². The molecule has 0 fully saturated rings. The second-order valence-electron chi connectivity index (χ2n) is 6.70. The zero-order chi connectivity index (χ0) is 21.0. The number of carbonyl (C=O) groups excluding carboxylic acids is 1. The smallest absolute Gasteiger partial charge is 0.416 e. The van der Waals surface area contributed by atoms with Crippen LogP contribution in [-0.4, -0.2) is 43.0 Å². The molecule has 152 valence electrons. The Morgan fingerprint density at radius 2 is 1.76 bits per heavy atom. The van der Waals surface area contributed by atoms with E-state index in [1.807, 2.05) is 25.1 Å². The highest BCUT2D eigenvalue weighted by atomic mass is 19.4. The van der Waals surface area contributed by atoms with Crippen molar-refractivity contribution >= 4 is 5.91 Å². The van der Waals surface area contributed by atoms with Crippen LogP contribution in [-0.2, 0) is 6.18 Å². The van der Waals surface area contributed by atoms with Gasteiger partial charge >= 0.3 is 6.18 Å². The lowest BCUT2D eigenvalue weighted by atomic mass is 10.1. The van der Waals surface area contributed by atoms with E-state index in [1.165, 1.54) is 12.1 Å². The summed E-state index contributed by atoms with van der Waals surface area (Å²) in [5, 5.41) is 2.76. The molecular weight excluding hydrogens is 383 g/mol. The highest BCUT2D eigenvalue weighted by molar-refractivity contribution is 5.98. The second-order valence-corrected chi connectivity index (χ2v) is 6.70. The van der Waals surface area contributed by atoms with Crippen LogP contribution in [0.2, 0.25) is 0 Å². The Hall–Kier alpha value is -3.13. The van der Waals surface area contributed by atoms with E-state index in [4.69, 9.17) is 4.42 Å². The average molecular weight is 403 g/mol. The van der Waals surface area contributed by atoms with E-state index in [1.54, 1.807) is 24.3 Å². The minimum atomic E-state index is -4.49. The molecule has 8 heteroatoms. The van der Waals surface area contributed by atoms with Crippen LogP contribution < -0.4 is 5.32 Å². The van der Waals surface area contributed by atoms with Gasteiger partial charge in [0.2, 0.25) is 5.89 Å². The van der Waals surface area contributed by atoms with Gasteiger partial charge in [-0.3, -0.25) is 4.79 Å². The van der Waals surface area contributed by atoms with E-state index in [-0.39, 0.29) is 22.9 Å². The molecule has 1 amide bonds. The van der Waals surface area contributed by atoms with Crippen LogP contribution in [0.3, 0.4) is 0 Å². The van der Waals surface area contributed by atoms with Crippen LogP contribution in [0.1, 0.15) is 16.1 Å². The Labute approximate surface area is 166 Å². The van der Waals surface area contributed by atoms with Crippen LogP contribution in [0.4, 0.5) is 13.2 Å². The van der Waals surface area contributed by atoms with Gasteiger partial charge in [0.05, 0.1) is 5.56 Å². The first-order valence-electron chi connectivity index (χ1n) is 8.92. The lowest BCUT2D eigenvalue weighted by Crippen LogP contribution is -2.31. The minimum absolute atomic E-state index is 0.0300. The fraction of sp³-hybridized carbons (Fsp3) is 0.238. The molecule has 0 atom stereocenters. The van der Waals surface area contributed by atoms with E-state index < -0.39 is 17.6 Å². The number of amides is 1. The van der Waals surface area contributed by atoms with Gasteiger partial charge in [-0.15, -0.1) is 0 Å². The second kappa shape index (κ2) is 8.48. The average Bonchev–Trinajstić information content (AvgIpc) is 3.13. The van der Waals surface area contributed by atoms with Gasteiger partial charge in [-0.05, 0) is 32.3 Å². The number of nitrogens with zero attached hydrogens (tertiary/aromatic N) is 2. The third kappa shape index (κ3) is 5.03. The SMILES string of the molecule is CN(C)CCNC(=O)c1nc(-c2cccc(C(F)(F)F)c2)oc1-c1ccccc1. The minimum Gasteiger partial charge on any atom is -0.435 e. The molecule has 1 N–H and O–H groups in total. The Kier molecular flexibility index (Phi) is 6.03. The van der Waals surface area contributed by atoms with Gasteiger partial charge in [0, 0.05) is 24.2 Å². The summed E-state index contributed by atoms with van der Waals surface area (Å²) in [4.78, 5) is 18.8. The van der Waals surface area contributed by atoms with Crippen LogP contribution in [0.5, 0.6) is 0 Å². The first-order chi connectivity index (χ1) is 13.8. The number of carbonyl (C=O) groups is 1. The zero-order valence-corrected chi connectivity index (χ0v) is 16.0. The molecule has 0 saturated heterocycles. The summed E-state index contributed by atoms with van der Waals surface area (Å²) < 4.78 is 44.9. The van der Waals surface area contributed by atoms with Gasteiger partial charge in [0.25, 0.3) is 5.91 Å². The number of oxazole rings is 1. The molecule has 0 radical (unpaired) electrons.